The first kappa shape index (κ1) is 18.1. The van der Waals surface area contributed by atoms with Crippen LogP contribution in [0.2, 0.25) is 0 Å². The van der Waals surface area contributed by atoms with Crippen molar-refractivity contribution in [1.82, 2.24) is 0 Å². The van der Waals surface area contributed by atoms with Crippen LogP contribution in [0.3, 0.4) is 0 Å². The second-order valence-corrected chi connectivity index (χ2v) is 5.40. The molecular weight excluding hydrogens is 268 g/mol. The maximum Gasteiger partial charge on any atom is 0.325 e. The fourth-order valence-electron chi connectivity index (χ4n) is 1.22. The van der Waals surface area contributed by atoms with Gasteiger partial charge in [0.1, 0.15) is 6.04 Å². The van der Waals surface area contributed by atoms with E-state index in [2.05, 4.69) is 0 Å². The van der Waals surface area contributed by atoms with Crippen LogP contribution < -0.4 is 11.5 Å². The first-order valence-electron chi connectivity index (χ1n) is 6.24. The molecule has 0 heterocycles. The quantitative estimate of drug-likeness (QED) is 0.461. The number of thioether (sulfide) groups is 1. The van der Waals surface area contributed by atoms with Crippen molar-refractivity contribution in [1.29, 1.82) is 0 Å². The second kappa shape index (κ2) is 9.94. The largest absolute Gasteiger partial charge is 0.464 e. The lowest BCUT2D eigenvalue weighted by molar-refractivity contribution is -0.147. The number of carbonyl (C=O) groups is 3. The highest BCUT2D eigenvalue weighted by Crippen LogP contribution is 2.06. The zero-order valence-corrected chi connectivity index (χ0v) is 12.2. The number of rotatable bonds is 9. The number of nitrogens with two attached hydrogens (primary N) is 2. The minimum atomic E-state index is -1.15. The van der Waals surface area contributed by atoms with Crippen LogP contribution in [0.1, 0.15) is 33.1 Å². The van der Waals surface area contributed by atoms with E-state index in [1.54, 1.807) is 0 Å². The Balaban J connectivity index is 4.08. The minimum absolute atomic E-state index is 0.0651. The molecule has 2 unspecified atom stereocenters. The molecule has 0 saturated heterocycles. The molecule has 0 radical (unpaired) electrons. The maximum absolute atomic E-state index is 11.7. The Morgan fingerprint density at radius 3 is 2.37 bits per heavy atom. The van der Waals surface area contributed by atoms with E-state index in [1.165, 1.54) is 6.92 Å². The van der Waals surface area contributed by atoms with Crippen molar-refractivity contribution in [3.63, 3.8) is 0 Å². The van der Waals surface area contributed by atoms with E-state index in [1.807, 2.05) is 6.92 Å². The molecule has 0 aliphatic carbocycles. The molecule has 0 aromatic heterocycles. The summed E-state index contributed by atoms with van der Waals surface area (Å²) in [4.78, 5) is 33.9. The molecule has 110 valence electrons. The average molecular weight is 290 g/mol. The van der Waals surface area contributed by atoms with Gasteiger partial charge in [0.2, 0.25) is 0 Å². The van der Waals surface area contributed by atoms with Gasteiger partial charge in [0.05, 0.1) is 12.6 Å². The van der Waals surface area contributed by atoms with Crippen molar-refractivity contribution >= 4 is 28.6 Å². The van der Waals surface area contributed by atoms with Gasteiger partial charge in [-0.25, -0.2) is 0 Å². The number of unbranched alkanes of at least 4 members (excludes halogenated alkanes) is 1. The molecule has 0 aliphatic rings. The van der Waals surface area contributed by atoms with Gasteiger partial charge in [-0.3, -0.25) is 14.4 Å². The lowest BCUT2D eigenvalue weighted by atomic mass is 10.0. The zero-order chi connectivity index (χ0) is 14.8. The van der Waals surface area contributed by atoms with Crippen LogP contribution in [0.15, 0.2) is 0 Å². The number of hydrogen-bond donors (Lipinski definition) is 2. The average Bonchev–Trinajstić information content (AvgIpc) is 2.36. The van der Waals surface area contributed by atoms with Gasteiger partial charge in [-0.1, -0.05) is 25.1 Å². The molecule has 6 nitrogen and oxygen atoms in total. The van der Waals surface area contributed by atoms with Crippen LogP contribution in [-0.4, -0.2) is 41.3 Å². The van der Waals surface area contributed by atoms with Crippen molar-refractivity contribution in [2.45, 2.75) is 45.2 Å². The van der Waals surface area contributed by atoms with Gasteiger partial charge in [-0.05, 0) is 6.42 Å². The summed E-state index contributed by atoms with van der Waals surface area (Å²) >= 11 is 1.04. The second-order valence-electron chi connectivity index (χ2n) is 4.13. The lowest BCUT2D eigenvalue weighted by Crippen LogP contribution is -2.52. The van der Waals surface area contributed by atoms with Gasteiger partial charge in [-0.2, -0.15) is 0 Å². The zero-order valence-electron chi connectivity index (χ0n) is 11.4. The van der Waals surface area contributed by atoms with E-state index in [9.17, 15) is 14.4 Å². The van der Waals surface area contributed by atoms with Crippen LogP contribution in [0.5, 0.6) is 0 Å². The fraction of sp³-hybridized carbons (Fsp3) is 0.750. The summed E-state index contributed by atoms with van der Waals surface area (Å²) in [6, 6.07) is -2.23. The number of ketones is 1. The van der Waals surface area contributed by atoms with Crippen LogP contribution in [0.4, 0.5) is 0 Å². The Morgan fingerprint density at radius 1 is 1.21 bits per heavy atom. The van der Waals surface area contributed by atoms with Crippen LogP contribution in [-0.2, 0) is 19.1 Å². The van der Waals surface area contributed by atoms with E-state index in [0.717, 1.165) is 24.6 Å². The Kier molecular flexibility index (Phi) is 9.46. The molecule has 19 heavy (non-hydrogen) atoms. The molecule has 0 fully saturated rings. The normalized spacial score (nSPS) is 13.7. The molecule has 0 aromatic carbocycles. The number of Topliss-reactive ketones (excluding diaryl/α,β-unsaturated/α-hetero) is 1. The third-order valence-corrected chi connectivity index (χ3v) is 3.24. The number of esters is 1. The smallest absolute Gasteiger partial charge is 0.325 e. The van der Waals surface area contributed by atoms with E-state index in [4.69, 9.17) is 16.2 Å². The van der Waals surface area contributed by atoms with Crippen LogP contribution in [0, 0.1) is 0 Å². The standard InChI is InChI=1S/C12H22N2O4S/c1-3-4-6-18-12(17)11(14)10(13)9(16)5-7-19-8(2)15/h10-11H,3-7,13-14H2,1-2H3. The highest BCUT2D eigenvalue weighted by atomic mass is 32.2. The lowest BCUT2D eigenvalue weighted by Gasteiger charge is -2.17. The summed E-state index contributed by atoms with van der Waals surface area (Å²) in [6.07, 6.45) is 1.76. The molecule has 0 spiro atoms. The van der Waals surface area contributed by atoms with E-state index >= 15 is 0 Å². The van der Waals surface area contributed by atoms with E-state index < -0.39 is 18.1 Å². The predicted molar refractivity (Wildman–Crippen MR) is 74.6 cm³/mol. The Bertz CT molecular complexity index is 323. The minimum Gasteiger partial charge on any atom is -0.464 e. The number of hydrogen-bond acceptors (Lipinski definition) is 7. The van der Waals surface area contributed by atoms with E-state index in [0.29, 0.717) is 5.75 Å². The Morgan fingerprint density at radius 2 is 1.84 bits per heavy atom. The van der Waals surface area contributed by atoms with Crippen molar-refractivity contribution < 1.29 is 19.1 Å². The highest BCUT2D eigenvalue weighted by Gasteiger charge is 2.28. The molecule has 0 aliphatic heterocycles. The molecule has 4 N–H and O–H groups in total. The molecule has 0 amide bonds. The maximum atomic E-state index is 11.7. The summed E-state index contributed by atoms with van der Waals surface area (Å²) in [5, 5.41) is -0.0651. The predicted octanol–water partition coefficient (Wildman–Crippen LogP) is 0.223. The summed E-state index contributed by atoms with van der Waals surface area (Å²) in [7, 11) is 0. The van der Waals surface area contributed by atoms with Crippen LogP contribution >= 0.6 is 11.8 Å². The number of carbonyl (C=O) groups excluding carboxylic acids is 3. The van der Waals surface area contributed by atoms with Gasteiger partial charge in [-0.15, -0.1) is 0 Å². The highest BCUT2D eigenvalue weighted by molar-refractivity contribution is 8.13. The molecule has 2 atom stereocenters. The summed E-state index contributed by atoms with van der Waals surface area (Å²) in [5.41, 5.74) is 11.2. The molecule has 0 saturated carbocycles. The van der Waals surface area contributed by atoms with Gasteiger partial charge in [0.15, 0.2) is 10.9 Å². The molecule has 0 bridgehead atoms. The first-order valence-corrected chi connectivity index (χ1v) is 7.22. The first-order chi connectivity index (χ1) is 8.90. The van der Waals surface area contributed by atoms with Crippen molar-refractivity contribution in [2.24, 2.45) is 11.5 Å². The molecule has 0 aromatic rings. The van der Waals surface area contributed by atoms with Gasteiger partial charge >= 0.3 is 5.97 Å². The van der Waals surface area contributed by atoms with E-state index in [-0.39, 0.29) is 23.9 Å². The molecule has 0 rings (SSSR count). The monoisotopic (exact) mass is 290 g/mol. The Hall–Kier alpha value is -0.920. The van der Waals surface area contributed by atoms with Crippen molar-refractivity contribution in [3.8, 4) is 0 Å². The molecular formula is C12H22N2O4S. The topological polar surface area (TPSA) is 112 Å². The van der Waals surface area contributed by atoms with Crippen LogP contribution in [0.25, 0.3) is 0 Å². The van der Waals surface area contributed by atoms with Crippen molar-refractivity contribution in [3.05, 3.63) is 0 Å². The SMILES string of the molecule is CCCCOC(=O)C(N)C(N)C(=O)CCSC(C)=O. The number of ether oxygens (including phenoxy) is 1. The third-order valence-electron chi connectivity index (χ3n) is 2.43. The van der Waals surface area contributed by atoms with Gasteiger partial charge in [0.25, 0.3) is 0 Å². The Labute approximate surface area is 117 Å². The summed E-state index contributed by atoms with van der Waals surface area (Å²) in [5.74, 6) is -0.651. The fourth-order valence-corrected chi connectivity index (χ4v) is 1.81. The summed E-state index contributed by atoms with van der Waals surface area (Å²) in [6.45, 7) is 3.67. The summed E-state index contributed by atoms with van der Waals surface area (Å²) < 4.78 is 4.90. The van der Waals surface area contributed by atoms with Gasteiger partial charge < -0.3 is 16.2 Å². The third kappa shape index (κ3) is 7.97. The molecule has 7 heteroatoms. The van der Waals surface area contributed by atoms with Gasteiger partial charge in [0, 0.05) is 19.1 Å². The van der Waals surface area contributed by atoms with Crippen molar-refractivity contribution in [2.75, 3.05) is 12.4 Å².